The smallest absolute Gasteiger partial charge is 0.307 e. The van der Waals surface area contributed by atoms with E-state index in [1.165, 1.54) is 0 Å². The van der Waals surface area contributed by atoms with Gasteiger partial charge in [-0.1, -0.05) is 20.8 Å². The van der Waals surface area contributed by atoms with Gasteiger partial charge in [0.2, 0.25) is 0 Å². The molecule has 0 aliphatic carbocycles. The van der Waals surface area contributed by atoms with E-state index < -0.39 is 7.60 Å². The second kappa shape index (κ2) is 10.7. The Kier molecular flexibility index (Phi) is 11.3. The van der Waals surface area contributed by atoms with E-state index in [-0.39, 0.29) is 35.5 Å². The van der Waals surface area contributed by atoms with Crippen LogP contribution in [-0.2, 0) is 13.6 Å². The van der Waals surface area contributed by atoms with Crippen LogP contribution in [0, 0.1) is 0 Å². The largest absolute Gasteiger partial charge is 0.335 e. The van der Waals surface area contributed by atoms with E-state index in [4.69, 9.17) is 43.9 Å². The fraction of sp³-hybridized carbons (Fsp3) is 1.00. The van der Waals surface area contributed by atoms with Gasteiger partial charge in [0.15, 0.2) is 0 Å². The lowest BCUT2D eigenvalue weighted by molar-refractivity contribution is 0.195. The number of rotatable bonds is 11. The SMILES string of the molecule is CC[C@@H](Cl)COP(=O)(OC[C@@H](Cl)CC)[C@H](CC)CCl. The first-order chi connectivity index (χ1) is 8.93. The predicted molar refractivity (Wildman–Crippen MR) is 84.2 cm³/mol. The summed E-state index contributed by atoms with van der Waals surface area (Å²) in [6, 6.07) is 0. The summed E-state index contributed by atoms with van der Waals surface area (Å²) < 4.78 is 23.7. The van der Waals surface area contributed by atoms with Crippen molar-refractivity contribution >= 4 is 42.4 Å². The summed E-state index contributed by atoms with van der Waals surface area (Å²) in [5.41, 5.74) is -0.324. The zero-order valence-corrected chi connectivity index (χ0v) is 14.9. The normalized spacial score (nSPS) is 19.7. The molecule has 0 saturated carbocycles. The standard InChI is InChI=1S/C12H24Cl3O3P/c1-4-10(14)8-17-19(16,12(6-3)7-13)18-9-11(15)5-2/h10-12H,4-9H2,1-3H3/t10-,11+,12-,19?/m1/s1. The molecule has 0 rings (SSSR count). The Balaban J connectivity index is 4.66. The van der Waals surface area contributed by atoms with E-state index in [1.807, 2.05) is 20.8 Å². The number of hydrogen-bond acceptors (Lipinski definition) is 3. The Hall–Kier alpha value is 1.02. The Morgan fingerprint density at radius 3 is 1.63 bits per heavy atom. The molecule has 0 heterocycles. The van der Waals surface area contributed by atoms with Crippen LogP contribution in [0.25, 0.3) is 0 Å². The van der Waals surface area contributed by atoms with Crippen molar-refractivity contribution in [2.75, 3.05) is 19.1 Å². The number of alkyl halides is 3. The minimum Gasteiger partial charge on any atom is -0.307 e. The lowest BCUT2D eigenvalue weighted by Gasteiger charge is -2.26. The fourth-order valence-electron chi connectivity index (χ4n) is 1.27. The molecule has 0 aliphatic rings. The van der Waals surface area contributed by atoms with Gasteiger partial charge >= 0.3 is 7.60 Å². The van der Waals surface area contributed by atoms with Crippen LogP contribution in [0.4, 0.5) is 0 Å². The summed E-state index contributed by atoms with van der Waals surface area (Å²) in [5.74, 6) is 0.228. The minimum atomic E-state index is -3.26. The Labute approximate surface area is 131 Å². The first kappa shape index (κ1) is 20.0. The van der Waals surface area contributed by atoms with Crippen molar-refractivity contribution in [1.29, 1.82) is 0 Å². The van der Waals surface area contributed by atoms with E-state index in [0.717, 1.165) is 12.8 Å². The third kappa shape index (κ3) is 7.55. The molecule has 0 N–H and O–H groups in total. The van der Waals surface area contributed by atoms with Crippen molar-refractivity contribution in [1.82, 2.24) is 0 Å². The highest BCUT2D eigenvalue weighted by atomic mass is 35.5. The maximum Gasteiger partial charge on any atom is 0.335 e. The minimum absolute atomic E-state index is 0.178. The molecule has 116 valence electrons. The zero-order chi connectivity index (χ0) is 14.9. The van der Waals surface area contributed by atoms with Gasteiger partial charge in [0.1, 0.15) is 0 Å². The van der Waals surface area contributed by atoms with Crippen molar-refractivity contribution in [3.63, 3.8) is 0 Å². The lowest BCUT2D eigenvalue weighted by atomic mass is 10.4. The van der Waals surface area contributed by atoms with Crippen molar-refractivity contribution in [3.05, 3.63) is 0 Å². The van der Waals surface area contributed by atoms with Crippen molar-refractivity contribution in [2.45, 2.75) is 56.4 Å². The first-order valence-electron chi connectivity index (χ1n) is 6.66. The third-order valence-electron chi connectivity index (χ3n) is 2.85. The van der Waals surface area contributed by atoms with Crippen LogP contribution < -0.4 is 0 Å². The van der Waals surface area contributed by atoms with Crippen LogP contribution >= 0.6 is 42.4 Å². The maximum atomic E-state index is 12.8. The van der Waals surface area contributed by atoms with Crippen LogP contribution in [-0.4, -0.2) is 35.5 Å². The molecule has 0 aromatic carbocycles. The highest BCUT2D eigenvalue weighted by Crippen LogP contribution is 2.55. The summed E-state index contributed by atoms with van der Waals surface area (Å²) in [4.78, 5) is 0. The molecule has 0 radical (unpaired) electrons. The van der Waals surface area contributed by atoms with Gasteiger partial charge in [-0.3, -0.25) is 4.57 Å². The van der Waals surface area contributed by atoms with Crippen LogP contribution in [0.15, 0.2) is 0 Å². The molecule has 0 bridgehead atoms. The van der Waals surface area contributed by atoms with Crippen LogP contribution in [0.3, 0.4) is 0 Å². The van der Waals surface area contributed by atoms with Gasteiger partial charge in [-0.25, -0.2) is 0 Å². The summed E-state index contributed by atoms with van der Waals surface area (Å²) in [6.45, 7) is 6.18. The van der Waals surface area contributed by atoms with Gasteiger partial charge in [0.25, 0.3) is 0 Å². The van der Waals surface area contributed by atoms with Crippen molar-refractivity contribution in [3.8, 4) is 0 Å². The molecule has 7 heteroatoms. The summed E-state index contributed by atoms with van der Waals surface area (Å²) >= 11 is 17.8. The quantitative estimate of drug-likeness (QED) is 0.375. The molecule has 4 atom stereocenters. The molecule has 1 unspecified atom stereocenters. The molecule has 0 aliphatic heterocycles. The Bertz CT molecular complexity index is 257. The summed E-state index contributed by atoms with van der Waals surface area (Å²) in [5, 5.41) is -0.356. The predicted octanol–water partition coefficient (Wildman–Crippen LogP) is 5.26. The van der Waals surface area contributed by atoms with Gasteiger partial charge in [-0.15, -0.1) is 34.8 Å². The van der Waals surface area contributed by atoms with Gasteiger partial charge in [-0.05, 0) is 19.3 Å². The van der Waals surface area contributed by atoms with E-state index >= 15 is 0 Å². The number of hydrogen-bond donors (Lipinski definition) is 0. The van der Waals surface area contributed by atoms with Crippen LogP contribution in [0.5, 0.6) is 0 Å². The zero-order valence-electron chi connectivity index (χ0n) is 11.8. The molecule has 0 amide bonds. The number of halogens is 3. The molecule has 3 nitrogen and oxygen atoms in total. The van der Waals surface area contributed by atoms with E-state index in [0.29, 0.717) is 6.42 Å². The molecule has 19 heavy (non-hydrogen) atoms. The highest BCUT2D eigenvalue weighted by molar-refractivity contribution is 7.54. The summed E-state index contributed by atoms with van der Waals surface area (Å²) in [7, 11) is -3.26. The van der Waals surface area contributed by atoms with Crippen LogP contribution in [0.2, 0.25) is 0 Å². The first-order valence-corrected chi connectivity index (χ1v) is 9.68. The second-order valence-corrected chi connectivity index (χ2v) is 8.23. The molecule has 0 aromatic heterocycles. The highest BCUT2D eigenvalue weighted by Gasteiger charge is 2.35. The summed E-state index contributed by atoms with van der Waals surface area (Å²) in [6.07, 6.45) is 2.11. The van der Waals surface area contributed by atoms with Crippen molar-refractivity contribution in [2.24, 2.45) is 0 Å². The Morgan fingerprint density at radius 2 is 1.37 bits per heavy atom. The monoisotopic (exact) mass is 352 g/mol. The molecule has 0 aromatic rings. The average Bonchev–Trinajstić information content (AvgIpc) is 2.43. The van der Waals surface area contributed by atoms with Crippen molar-refractivity contribution < 1.29 is 13.6 Å². The molecule has 0 fully saturated rings. The molecular formula is C12H24Cl3O3P. The lowest BCUT2D eigenvalue weighted by Crippen LogP contribution is -2.19. The fourth-order valence-corrected chi connectivity index (χ4v) is 4.19. The molecule has 0 spiro atoms. The third-order valence-corrected chi connectivity index (χ3v) is 6.77. The van der Waals surface area contributed by atoms with E-state index in [2.05, 4.69) is 0 Å². The topological polar surface area (TPSA) is 35.5 Å². The van der Waals surface area contributed by atoms with E-state index in [1.54, 1.807) is 0 Å². The van der Waals surface area contributed by atoms with Gasteiger partial charge in [0.05, 0.1) is 29.6 Å². The molecular weight excluding hydrogens is 329 g/mol. The second-order valence-electron chi connectivity index (χ2n) is 4.36. The van der Waals surface area contributed by atoms with E-state index in [9.17, 15) is 4.57 Å². The maximum absolute atomic E-state index is 12.8. The van der Waals surface area contributed by atoms with Gasteiger partial charge < -0.3 is 9.05 Å². The Morgan fingerprint density at radius 1 is 0.947 bits per heavy atom. The van der Waals surface area contributed by atoms with Crippen LogP contribution in [0.1, 0.15) is 40.0 Å². The van der Waals surface area contributed by atoms with Gasteiger partial charge in [0, 0.05) is 5.88 Å². The van der Waals surface area contributed by atoms with Gasteiger partial charge in [-0.2, -0.15) is 0 Å². The average molecular weight is 354 g/mol. The molecule has 0 saturated heterocycles.